The first kappa shape index (κ1) is 14.1. The van der Waals surface area contributed by atoms with Gasteiger partial charge in [-0.2, -0.15) is 11.8 Å². The molecule has 19 heavy (non-hydrogen) atoms. The van der Waals surface area contributed by atoms with Crippen molar-refractivity contribution in [1.29, 1.82) is 0 Å². The highest BCUT2D eigenvalue weighted by atomic mass is 32.2. The average Bonchev–Trinajstić information content (AvgIpc) is 2.48. The van der Waals surface area contributed by atoms with Gasteiger partial charge in [-0.1, -0.05) is 24.3 Å². The summed E-state index contributed by atoms with van der Waals surface area (Å²) < 4.78 is 4.71. The van der Waals surface area contributed by atoms with E-state index in [0.29, 0.717) is 11.5 Å². The lowest BCUT2D eigenvalue weighted by Crippen LogP contribution is -2.17. The third-order valence-corrected chi connectivity index (χ3v) is 4.38. The molecule has 1 aliphatic rings. The fourth-order valence-electron chi connectivity index (χ4n) is 2.25. The van der Waals surface area contributed by atoms with Gasteiger partial charge in [0.05, 0.1) is 6.61 Å². The molecule has 1 aliphatic heterocycles. The highest BCUT2D eigenvalue weighted by Crippen LogP contribution is 2.31. The smallest absolute Gasteiger partial charge is 0.379 e. The molecule has 0 spiro atoms. The molecule has 1 aromatic carbocycles. The van der Waals surface area contributed by atoms with Crippen LogP contribution in [0.5, 0.6) is 0 Å². The summed E-state index contributed by atoms with van der Waals surface area (Å²) in [6.07, 6.45) is 2.38. The Labute approximate surface area is 117 Å². The van der Waals surface area contributed by atoms with Gasteiger partial charge in [-0.15, -0.1) is 0 Å². The van der Waals surface area contributed by atoms with Crippen molar-refractivity contribution in [2.45, 2.75) is 25.7 Å². The number of ether oxygens (including phenoxy) is 1. The molecular weight excluding hydrogens is 260 g/mol. The van der Waals surface area contributed by atoms with Gasteiger partial charge in [0.2, 0.25) is 0 Å². The first-order valence-corrected chi connectivity index (χ1v) is 7.77. The van der Waals surface area contributed by atoms with E-state index in [1.54, 1.807) is 19.1 Å². The average molecular weight is 278 g/mol. The molecule has 0 aromatic heterocycles. The zero-order chi connectivity index (χ0) is 13.7. The monoisotopic (exact) mass is 278 g/mol. The van der Waals surface area contributed by atoms with Crippen LogP contribution in [-0.4, -0.2) is 29.9 Å². The van der Waals surface area contributed by atoms with Gasteiger partial charge in [0.25, 0.3) is 5.78 Å². The summed E-state index contributed by atoms with van der Waals surface area (Å²) in [5.41, 5.74) is 1.67. The van der Waals surface area contributed by atoms with Crippen LogP contribution in [0.3, 0.4) is 0 Å². The number of carbonyl (C=O) groups is 2. The van der Waals surface area contributed by atoms with E-state index in [4.69, 9.17) is 4.74 Å². The van der Waals surface area contributed by atoms with E-state index in [0.717, 1.165) is 0 Å². The fraction of sp³-hybridized carbons (Fsp3) is 0.467. The van der Waals surface area contributed by atoms with Crippen molar-refractivity contribution in [3.63, 3.8) is 0 Å². The molecule has 0 bridgehead atoms. The second kappa shape index (κ2) is 6.75. The van der Waals surface area contributed by atoms with E-state index in [1.807, 2.05) is 23.9 Å². The molecule has 1 heterocycles. The van der Waals surface area contributed by atoms with Gasteiger partial charge in [0.1, 0.15) is 0 Å². The minimum atomic E-state index is -0.774. The first-order valence-electron chi connectivity index (χ1n) is 6.61. The van der Waals surface area contributed by atoms with Gasteiger partial charge in [0.15, 0.2) is 0 Å². The van der Waals surface area contributed by atoms with E-state index in [-0.39, 0.29) is 6.61 Å². The molecule has 3 nitrogen and oxygen atoms in total. The molecule has 1 fully saturated rings. The Morgan fingerprint density at radius 3 is 2.42 bits per heavy atom. The highest BCUT2D eigenvalue weighted by molar-refractivity contribution is 7.99. The van der Waals surface area contributed by atoms with Crippen molar-refractivity contribution in [1.82, 2.24) is 0 Å². The van der Waals surface area contributed by atoms with Gasteiger partial charge in [0, 0.05) is 5.56 Å². The van der Waals surface area contributed by atoms with E-state index >= 15 is 0 Å². The second-order valence-corrected chi connectivity index (χ2v) is 5.78. The summed E-state index contributed by atoms with van der Waals surface area (Å²) >= 11 is 2.00. The third kappa shape index (κ3) is 3.60. The Morgan fingerprint density at radius 1 is 1.21 bits per heavy atom. The fourth-order valence-corrected chi connectivity index (χ4v) is 3.36. The third-order valence-electron chi connectivity index (χ3n) is 3.33. The van der Waals surface area contributed by atoms with Crippen LogP contribution in [-0.2, 0) is 9.53 Å². The minimum Gasteiger partial charge on any atom is -0.460 e. The zero-order valence-corrected chi connectivity index (χ0v) is 11.9. The molecule has 0 aliphatic carbocycles. The molecule has 0 amide bonds. The largest absolute Gasteiger partial charge is 0.460 e. The Morgan fingerprint density at radius 2 is 1.84 bits per heavy atom. The number of hydrogen-bond acceptors (Lipinski definition) is 4. The molecule has 0 saturated carbocycles. The summed E-state index contributed by atoms with van der Waals surface area (Å²) in [6, 6.07) is 7.40. The van der Waals surface area contributed by atoms with E-state index in [9.17, 15) is 9.59 Å². The summed E-state index contributed by atoms with van der Waals surface area (Å²) in [5, 5.41) is 0. The number of thioether (sulfide) groups is 1. The Balaban J connectivity index is 2.05. The number of benzene rings is 1. The van der Waals surface area contributed by atoms with Crippen LogP contribution in [0, 0.1) is 0 Å². The van der Waals surface area contributed by atoms with Crippen molar-refractivity contribution in [2.75, 3.05) is 18.1 Å². The van der Waals surface area contributed by atoms with Crippen LogP contribution in [0.4, 0.5) is 0 Å². The van der Waals surface area contributed by atoms with Gasteiger partial charge >= 0.3 is 5.97 Å². The minimum absolute atomic E-state index is 0.225. The first-order chi connectivity index (χ1) is 9.22. The molecule has 0 N–H and O–H groups in total. The SMILES string of the molecule is CCOC(=O)C(=O)c1ccc(C2CCSCC2)cc1. The molecule has 102 valence electrons. The number of Topliss-reactive ketones (excluding diaryl/α,β-unsaturated/α-hetero) is 1. The van der Waals surface area contributed by atoms with Crippen LogP contribution >= 0.6 is 11.8 Å². The Kier molecular flexibility index (Phi) is 5.02. The summed E-state index contributed by atoms with van der Waals surface area (Å²) in [4.78, 5) is 23.1. The predicted octanol–water partition coefficient (Wildman–Crippen LogP) is 3.04. The second-order valence-electron chi connectivity index (χ2n) is 4.56. The quantitative estimate of drug-likeness (QED) is 0.482. The van der Waals surface area contributed by atoms with Crippen molar-refractivity contribution in [3.05, 3.63) is 35.4 Å². The van der Waals surface area contributed by atoms with Crippen LogP contribution in [0.15, 0.2) is 24.3 Å². The van der Waals surface area contributed by atoms with Crippen molar-refractivity contribution in [2.24, 2.45) is 0 Å². The normalized spacial score (nSPS) is 16.1. The molecule has 0 unspecified atom stereocenters. The Bertz CT molecular complexity index is 447. The predicted molar refractivity (Wildman–Crippen MR) is 76.7 cm³/mol. The standard InChI is InChI=1S/C15H18O3S/c1-2-18-15(17)14(16)13-5-3-11(4-6-13)12-7-9-19-10-8-12/h3-6,12H,2,7-10H2,1H3. The van der Waals surface area contributed by atoms with Crippen LogP contribution < -0.4 is 0 Å². The maximum atomic E-state index is 11.7. The van der Waals surface area contributed by atoms with Crippen LogP contribution in [0.2, 0.25) is 0 Å². The molecular formula is C15H18O3S. The lowest BCUT2D eigenvalue weighted by Gasteiger charge is -2.21. The van der Waals surface area contributed by atoms with Crippen molar-refractivity contribution in [3.8, 4) is 0 Å². The number of ketones is 1. The Hall–Kier alpha value is -1.29. The van der Waals surface area contributed by atoms with Crippen molar-refractivity contribution < 1.29 is 14.3 Å². The lowest BCUT2D eigenvalue weighted by atomic mass is 9.92. The van der Waals surface area contributed by atoms with Crippen LogP contribution in [0.25, 0.3) is 0 Å². The van der Waals surface area contributed by atoms with E-state index < -0.39 is 11.8 Å². The lowest BCUT2D eigenvalue weighted by molar-refractivity contribution is -0.137. The van der Waals surface area contributed by atoms with Gasteiger partial charge in [-0.05, 0) is 42.8 Å². The van der Waals surface area contributed by atoms with Gasteiger partial charge in [-0.25, -0.2) is 4.79 Å². The topological polar surface area (TPSA) is 43.4 Å². The molecule has 2 rings (SSSR count). The van der Waals surface area contributed by atoms with Crippen LogP contribution in [0.1, 0.15) is 41.6 Å². The van der Waals surface area contributed by atoms with Crippen molar-refractivity contribution >= 4 is 23.5 Å². The maximum absolute atomic E-state index is 11.7. The summed E-state index contributed by atoms with van der Waals surface area (Å²) in [6.45, 7) is 1.91. The summed E-state index contributed by atoms with van der Waals surface area (Å²) in [7, 11) is 0. The maximum Gasteiger partial charge on any atom is 0.379 e. The number of hydrogen-bond donors (Lipinski definition) is 0. The highest BCUT2D eigenvalue weighted by Gasteiger charge is 2.19. The summed E-state index contributed by atoms with van der Waals surface area (Å²) in [5.74, 6) is 1.66. The van der Waals surface area contributed by atoms with Gasteiger partial charge < -0.3 is 4.74 Å². The van der Waals surface area contributed by atoms with E-state index in [1.165, 1.54) is 29.9 Å². The zero-order valence-electron chi connectivity index (χ0n) is 11.1. The molecule has 0 atom stereocenters. The molecule has 1 saturated heterocycles. The van der Waals surface area contributed by atoms with E-state index in [2.05, 4.69) is 0 Å². The van der Waals surface area contributed by atoms with Gasteiger partial charge in [-0.3, -0.25) is 4.79 Å². The molecule has 0 radical (unpaired) electrons. The molecule has 4 heteroatoms. The number of rotatable bonds is 4. The molecule has 1 aromatic rings. The number of carbonyl (C=O) groups excluding carboxylic acids is 2. The number of esters is 1.